The first-order valence-corrected chi connectivity index (χ1v) is 9.78. The SMILES string of the molecule is CC[C@@H](C)N(C)Cc1nc2ccc(Oc3ccc(C4=CC=NC4)cc3)cc2[nH]1. The fourth-order valence-electron chi connectivity index (χ4n) is 3.29. The molecule has 0 bridgehead atoms. The third kappa shape index (κ3) is 3.99. The van der Waals surface area contributed by atoms with Crippen LogP contribution in [0.2, 0.25) is 0 Å². The molecule has 5 heteroatoms. The van der Waals surface area contributed by atoms with E-state index in [4.69, 9.17) is 9.72 Å². The standard InChI is InChI=1S/C23H26N4O/c1-4-16(2)27(3)15-23-25-21-10-9-20(13-22(21)26-23)28-19-7-5-17(6-8-19)18-11-12-24-14-18/h5-13,16H,4,14-15H2,1-3H3,(H,25,26)/t16-/m1/s1. The minimum atomic E-state index is 0.529. The van der Waals surface area contributed by atoms with Crippen molar-refractivity contribution in [3.63, 3.8) is 0 Å². The number of hydrogen-bond donors (Lipinski definition) is 1. The van der Waals surface area contributed by atoms with E-state index in [1.807, 2.05) is 36.5 Å². The van der Waals surface area contributed by atoms with E-state index in [9.17, 15) is 0 Å². The summed E-state index contributed by atoms with van der Waals surface area (Å²) in [6.45, 7) is 6.00. The fraction of sp³-hybridized carbons (Fsp3) is 0.304. The highest BCUT2D eigenvalue weighted by Gasteiger charge is 2.11. The maximum atomic E-state index is 6.04. The van der Waals surface area contributed by atoms with Crippen LogP contribution in [0.3, 0.4) is 0 Å². The molecule has 5 nitrogen and oxygen atoms in total. The molecule has 4 rings (SSSR count). The van der Waals surface area contributed by atoms with Crippen molar-refractivity contribution in [2.24, 2.45) is 4.99 Å². The Morgan fingerprint density at radius 3 is 2.64 bits per heavy atom. The number of H-pyrrole nitrogens is 1. The molecular weight excluding hydrogens is 348 g/mol. The van der Waals surface area contributed by atoms with Crippen molar-refractivity contribution in [2.45, 2.75) is 32.9 Å². The van der Waals surface area contributed by atoms with Gasteiger partial charge in [0.15, 0.2) is 0 Å². The average molecular weight is 374 g/mol. The fourth-order valence-corrected chi connectivity index (χ4v) is 3.29. The van der Waals surface area contributed by atoms with Gasteiger partial charge in [-0.05, 0) is 61.9 Å². The van der Waals surface area contributed by atoms with Gasteiger partial charge in [0.25, 0.3) is 0 Å². The van der Waals surface area contributed by atoms with E-state index in [1.54, 1.807) is 0 Å². The number of rotatable bonds is 7. The molecule has 28 heavy (non-hydrogen) atoms. The van der Waals surface area contributed by atoms with Crippen molar-refractivity contribution in [1.82, 2.24) is 14.9 Å². The highest BCUT2D eigenvalue weighted by molar-refractivity contribution is 5.89. The number of aromatic nitrogens is 2. The second kappa shape index (κ2) is 7.98. The van der Waals surface area contributed by atoms with E-state index >= 15 is 0 Å². The predicted molar refractivity (Wildman–Crippen MR) is 115 cm³/mol. The molecule has 0 radical (unpaired) electrons. The summed E-state index contributed by atoms with van der Waals surface area (Å²) < 4.78 is 6.04. The quantitative estimate of drug-likeness (QED) is 0.629. The number of ether oxygens (including phenoxy) is 1. The Morgan fingerprint density at radius 2 is 1.93 bits per heavy atom. The van der Waals surface area contributed by atoms with Gasteiger partial charge in [0.1, 0.15) is 17.3 Å². The number of benzene rings is 2. The van der Waals surface area contributed by atoms with Crippen molar-refractivity contribution >= 4 is 22.8 Å². The normalized spacial score (nSPS) is 14.6. The number of hydrogen-bond acceptors (Lipinski definition) is 4. The summed E-state index contributed by atoms with van der Waals surface area (Å²) in [5, 5.41) is 0. The molecular formula is C23H26N4O. The second-order valence-corrected chi connectivity index (χ2v) is 7.34. The molecule has 0 saturated heterocycles. The summed E-state index contributed by atoms with van der Waals surface area (Å²) in [5.41, 5.74) is 4.38. The predicted octanol–water partition coefficient (Wildman–Crippen LogP) is 5.05. The van der Waals surface area contributed by atoms with Crippen molar-refractivity contribution < 1.29 is 4.74 Å². The van der Waals surface area contributed by atoms with Crippen LogP contribution in [0.25, 0.3) is 16.6 Å². The number of allylic oxidation sites excluding steroid dienone is 1. The Labute approximate surface area is 165 Å². The Hall–Kier alpha value is -2.92. The first kappa shape index (κ1) is 18.4. The van der Waals surface area contributed by atoms with Crippen LogP contribution in [-0.2, 0) is 6.54 Å². The number of nitrogens with zero attached hydrogens (tertiary/aromatic N) is 3. The molecule has 0 aliphatic carbocycles. The lowest BCUT2D eigenvalue weighted by molar-refractivity contribution is 0.239. The Balaban J connectivity index is 1.47. The minimum Gasteiger partial charge on any atom is -0.457 e. The molecule has 1 N–H and O–H groups in total. The first-order chi connectivity index (χ1) is 13.6. The van der Waals surface area contributed by atoms with Gasteiger partial charge in [-0.25, -0.2) is 4.98 Å². The molecule has 0 saturated carbocycles. The van der Waals surface area contributed by atoms with Crippen LogP contribution in [0.5, 0.6) is 11.5 Å². The molecule has 144 valence electrons. The van der Waals surface area contributed by atoms with Crippen LogP contribution >= 0.6 is 0 Å². The van der Waals surface area contributed by atoms with Gasteiger partial charge in [0.05, 0.1) is 24.1 Å². The highest BCUT2D eigenvalue weighted by atomic mass is 16.5. The van der Waals surface area contributed by atoms with Crippen molar-refractivity contribution in [3.8, 4) is 11.5 Å². The zero-order valence-electron chi connectivity index (χ0n) is 16.6. The van der Waals surface area contributed by atoms with Gasteiger partial charge in [0.2, 0.25) is 0 Å². The zero-order valence-corrected chi connectivity index (χ0v) is 16.6. The Bertz CT molecular complexity index is 1020. The highest BCUT2D eigenvalue weighted by Crippen LogP contribution is 2.27. The summed E-state index contributed by atoms with van der Waals surface area (Å²) in [5.74, 6) is 2.60. The van der Waals surface area contributed by atoms with Crippen LogP contribution in [0.15, 0.2) is 53.5 Å². The molecule has 1 aromatic heterocycles. The summed E-state index contributed by atoms with van der Waals surface area (Å²) in [7, 11) is 2.13. The van der Waals surface area contributed by atoms with Crippen LogP contribution < -0.4 is 4.74 Å². The van der Waals surface area contributed by atoms with Crippen LogP contribution in [-0.4, -0.2) is 40.7 Å². The third-order valence-electron chi connectivity index (χ3n) is 5.35. The zero-order chi connectivity index (χ0) is 19.5. The molecule has 1 aliphatic rings. The van der Waals surface area contributed by atoms with Gasteiger partial charge in [0, 0.05) is 18.3 Å². The number of imidazole rings is 1. The topological polar surface area (TPSA) is 53.5 Å². The van der Waals surface area contributed by atoms with Crippen molar-refractivity contribution in [2.75, 3.05) is 13.6 Å². The first-order valence-electron chi connectivity index (χ1n) is 9.78. The third-order valence-corrected chi connectivity index (χ3v) is 5.35. The molecule has 2 aromatic carbocycles. The van der Waals surface area contributed by atoms with Crippen LogP contribution in [0.1, 0.15) is 31.7 Å². The van der Waals surface area contributed by atoms with E-state index in [0.717, 1.165) is 47.9 Å². The molecule has 3 aromatic rings. The molecule has 0 fully saturated rings. The summed E-state index contributed by atoms with van der Waals surface area (Å²) in [6, 6.07) is 14.7. The molecule has 1 aliphatic heterocycles. The van der Waals surface area contributed by atoms with Crippen LogP contribution in [0, 0.1) is 0 Å². The lowest BCUT2D eigenvalue weighted by atomic mass is 10.1. The maximum Gasteiger partial charge on any atom is 0.129 e. The van der Waals surface area contributed by atoms with Gasteiger partial charge >= 0.3 is 0 Å². The Kier molecular flexibility index (Phi) is 5.26. The smallest absolute Gasteiger partial charge is 0.129 e. The van der Waals surface area contributed by atoms with Crippen LogP contribution in [0.4, 0.5) is 0 Å². The van der Waals surface area contributed by atoms with Gasteiger partial charge in [-0.2, -0.15) is 0 Å². The van der Waals surface area contributed by atoms with Gasteiger partial charge in [-0.3, -0.25) is 9.89 Å². The lowest BCUT2D eigenvalue weighted by Crippen LogP contribution is -2.28. The summed E-state index contributed by atoms with van der Waals surface area (Å²) in [4.78, 5) is 14.7. The molecule has 0 amide bonds. The van der Waals surface area contributed by atoms with E-state index in [2.05, 4.69) is 54.0 Å². The largest absolute Gasteiger partial charge is 0.457 e. The number of aliphatic imine (C=N–C) groups is 1. The van der Waals surface area contributed by atoms with E-state index in [1.165, 1.54) is 11.1 Å². The molecule has 2 heterocycles. The van der Waals surface area contributed by atoms with Gasteiger partial charge < -0.3 is 9.72 Å². The average Bonchev–Trinajstić information content (AvgIpc) is 3.37. The summed E-state index contributed by atoms with van der Waals surface area (Å²) >= 11 is 0. The lowest BCUT2D eigenvalue weighted by Gasteiger charge is -2.21. The monoisotopic (exact) mass is 374 g/mol. The molecule has 0 unspecified atom stereocenters. The molecule has 0 spiro atoms. The van der Waals surface area contributed by atoms with Gasteiger partial charge in [-0.1, -0.05) is 19.1 Å². The Morgan fingerprint density at radius 1 is 1.14 bits per heavy atom. The van der Waals surface area contributed by atoms with Crippen molar-refractivity contribution in [3.05, 3.63) is 59.9 Å². The van der Waals surface area contributed by atoms with Crippen molar-refractivity contribution in [1.29, 1.82) is 0 Å². The number of fused-ring (bicyclic) bond motifs is 1. The second-order valence-electron chi connectivity index (χ2n) is 7.34. The van der Waals surface area contributed by atoms with E-state index in [-0.39, 0.29) is 0 Å². The number of nitrogens with one attached hydrogen (secondary N) is 1. The number of aromatic amines is 1. The van der Waals surface area contributed by atoms with E-state index < -0.39 is 0 Å². The molecule has 1 atom stereocenters. The van der Waals surface area contributed by atoms with E-state index in [0.29, 0.717) is 6.04 Å². The van der Waals surface area contributed by atoms with Gasteiger partial charge in [-0.15, -0.1) is 0 Å². The minimum absolute atomic E-state index is 0.529. The summed E-state index contributed by atoms with van der Waals surface area (Å²) in [6.07, 6.45) is 5.03. The maximum absolute atomic E-state index is 6.04.